The molecule has 2 aromatic rings. The number of halogens is 2. The number of amides is 1. The van der Waals surface area contributed by atoms with Gasteiger partial charge in [-0.2, -0.15) is 0 Å². The lowest BCUT2D eigenvalue weighted by Gasteiger charge is -2.10. The van der Waals surface area contributed by atoms with Gasteiger partial charge >= 0.3 is 0 Å². The molecule has 1 aromatic carbocycles. The van der Waals surface area contributed by atoms with Crippen LogP contribution >= 0.6 is 27.5 Å². The minimum atomic E-state index is -0.352. The minimum absolute atomic E-state index is 0.270. The number of nitrogen functional groups attached to an aromatic ring is 1. The summed E-state index contributed by atoms with van der Waals surface area (Å²) in [6.45, 7) is 1.80. The summed E-state index contributed by atoms with van der Waals surface area (Å²) < 4.78 is 0.709. The van der Waals surface area contributed by atoms with Gasteiger partial charge in [0.15, 0.2) is 0 Å². The number of carbonyl (C=O) groups is 1. The van der Waals surface area contributed by atoms with Gasteiger partial charge in [0.25, 0.3) is 5.91 Å². The third-order valence-electron chi connectivity index (χ3n) is 2.57. The van der Waals surface area contributed by atoms with Crippen LogP contribution in [0, 0.1) is 6.92 Å². The van der Waals surface area contributed by atoms with Gasteiger partial charge in [0, 0.05) is 5.69 Å². The molecular weight excluding hydrogens is 330 g/mol. The molecular formula is C13H11BrClN3O. The molecule has 0 saturated carbocycles. The molecule has 0 aliphatic carbocycles. The topological polar surface area (TPSA) is 68.0 Å². The molecule has 98 valence electrons. The standard InChI is InChI=1S/C13H11BrClN3O/c1-7-10(5-6-11(14)17-7)18-13(19)12-8(15)3-2-4-9(12)16/h2-6H,16H2,1H3,(H,18,19). The number of hydrogen-bond donors (Lipinski definition) is 2. The molecule has 19 heavy (non-hydrogen) atoms. The summed E-state index contributed by atoms with van der Waals surface area (Å²) in [5, 5.41) is 3.07. The fourth-order valence-electron chi connectivity index (χ4n) is 1.63. The smallest absolute Gasteiger partial charge is 0.259 e. The fourth-order valence-corrected chi connectivity index (χ4v) is 2.29. The van der Waals surface area contributed by atoms with E-state index in [1.54, 1.807) is 37.3 Å². The summed E-state index contributed by atoms with van der Waals surface area (Å²) in [7, 11) is 0. The van der Waals surface area contributed by atoms with Crippen molar-refractivity contribution < 1.29 is 4.79 Å². The molecule has 0 bridgehead atoms. The van der Waals surface area contributed by atoms with E-state index in [0.29, 0.717) is 26.7 Å². The summed E-state index contributed by atoms with van der Waals surface area (Å²) >= 11 is 9.26. The van der Waals surface area contributed by atoms with E-state index in [9.17, 15) is 4.79 Å². The molecule has 0 unspecified atom stereocenters. The van der Waals surface area contributed by atoms with Gasteiger partial charge in [-0.25, -0.2) is 4.98 Å². The maximum Gasteiger partial charge on any atom is 0.259 e. The molecule has 1 heterocycles. The van der Waals surface area contributed by atoms with Crippen LogP contribution in [0.4, 0.5) is 11.4 Å². The Morgan fingerprint density at radius 3 is 2.74 bits per heavy atom. The number of hydrogen-bond acceptors (Lipinski definition) is 3. The predicted molar refractivity (Wildman–Crippen MR) is 80.5 cm³/mol. The third-order valence-corrected chi connectivity index (χ3v) is 3.33. The molecule has 0 spiro atoms. The lowest BCUT2D eigenvalue weighted by Crippen LogP contribution is -2.15. The van der Waals surface area contributed by atoms with E-state index in [2.05, 4.69) is 26.2 Å². The molecule has 0 aliphatic heterocycles. The highest BCUT2D eigenvalue weighted by Crippen LogP contribution is 2.24. The van der Waals surface area contributed by atoms with Crippen LogP contribution in [-0.4, -0.2) is 10.9 Å². The third kappa shape index (κ3) is 3.05. The van der Waals surface area contributed by atoms with Gasteiger partial charge in [0.1, 0.15) is 4.60 Å². The van der Waals surface area contributed by atoms with Crippen LogP contribution in [0.5, 0.6) is 0 Å². The summed E-state index contributed by atoms with van der Waals surface area (Å²) in [4.78, 5) is 16.4. The zero-order valence-corrected chi connectivity index (χ0v) is 12.4. The zero-order chi connectivity index (χ0) is 14.0. The highest BCUT2D eigenvalue weighted by Gasteiger charge is 2.15. The second-order valence-electron chi connectivity index (χ2n) is 3.93. The molecule has 1 amide bonds. The Balaban J connectivity index is 2.31. The van der Waals surface area contributed by atoms with Gasteiger partial charge in [-0.3, -0.25) is 4.79 Å². The molecule has 3 N–H and O–H groups in total. The van der Waals surface area contributed by atoms with Crippen molar-refractivity contribution in [2.24, 2.45) is 0 Å². The van der Waals surface area contributed by atoms with Gasteiger partial charge in [0.2, 0.25) is 0 Å². The van der Waals surface area contributed by atoms with Gasteiger partial charge < -0.3 is 11.1 Å². The van der Waals surface area contributed by atoms with Crippen LogP contribution in [0.25, 0.3) is 0 Å². The number of benzene rings is 1. The van der Waals surface area contributed by atoms with E-state index in [0.717, 1.165) is 0 Å². The lowest BCUT2D eigenvalue weighted by molar-refractivity contribution is 0.102. The molecule has 0 saturated heterocycles. The fraction of sp³-hybridized carbons (Fsp3) is 0.0769. The Morgan fingerprint density at radius 1 is 1.37 bits per heavy atom. The summed E-state index contributed by atoms with van der Waals surface area (Å²) in [6.07, 6.45) is 0. The molecule has 0 aliphatic rings. The van der Waals surface area contributed by atoms with Crippen molar-refractivity contribution in [3.8, 4) is 0 Å². The number of nitrogens with zero attached hydrogens (tertiary/aromatic N) is 1. The molecule has 6 heteroatoms. The van der Waals surface area contributed by atoms with E-state index >= 15 is 0 Å². The van der Waals surface area contributed by atoms with Crippen LogP contribution in [0.15, 0.2) is 34.9 Å². The number of pyridine rings is 1. The maximum absolute atomic E-state index is 12.2. The number of nitrogens with one attached hydrogen (secondary N) is 1. The lowest BCUT2D eigenvalue weighted by atomic mass is 10.1. The molecule has 0 atom stereocenters. The van der Waals surface area contributed by atoms with Crippen molar-refractivity contribution in [2.75, 3.05) is 11.1 Å². The van der Waals surface area contributed by atoms with Crippen molar-refractivity contribution >= 4 is 44.8 Å². The van der Waals surface area contributed by atoms with Gasteiger partial charge in [-0.05, 0) is 47.1 Å². The van der Waals surface area contributed by atoms with E-state index in [-0.39, 0.29) is 11.5 Å². The summed E-state index contributed by atoms with van der Waals surface area (Å²) in [5.74, 6) is -0.352. The quantitative estimate of drug-likeness (QED) is 0.648. The average Bonchev–Trinajstić information content (AvgIpc) is 2.32. The Morgan fingerprint density at radius 2 is 2.11 bits per heavy atom. The Kier molecular flexibility index (Phi) is 4.07. The van der Waals surface area contributed by atoms with Crippen molar-refractivity contribution in [1.82, 2.24) is 4.98 Å². The van der Waals surface area contributed by atoms with Crippen LogP contribution in [0.3, 0.4) is 0 Å². The van der Waals surface area contributed by atoms with Crippen LogP contribution in [-0.2, 0) is 0 Å². The monoisotopic (exact) mass is 339 g/mol. The Labute approximate surface area is 124 Å². The van der Waals surface area contributed by atoms with Crippen LogP contribution < -0.4 is 11.1 Å². The largest absolute Gasteiger partial charge is 0.398 e. The molecule has 2 rings (SSSR count). The van der Waals surface area contributed by atoms with Crippen LogP contribution in [0.2, 0.25) is 5.02 Å². The van der Waals surface area contributed by atoms with Crippen molar-refractivity contribution in [3.63, 3.8) is 0 Å². The minimum Gasteiger partial charge on any atom is -0.398 e. The van der Waals surface area contributed by atoms with Crippen LogP contribution in [0.1, 0.15) is 16.1 Å². The summed E-state index contributed by atoms with van der Waals surface area (Å²) in [5.41, 5.74) is 7.70. The number of anilines is 2. The number of aromatic nitrogens is 1. The normalized spacial score (nSPS) is 10.3. The maximum atomic E-state index is 12.2. The number of aryl methyl sites for hydroxylation is 1. The zero-order valence-electron chi connectivity index (χ0n) is 10.1. The first kappa shape index (κ1) is 13.8. The SMILES string of the molecule is Cc1nc(Br)ccc1NC(=O)c1c(N)cccc1Cl. The predicted octanol–water partition coefficient (Wildman–Crippen LogP) is 3.64. The van der Waals surface area contributed by atoms with Crippen molar-refractivity contribution in [1.29, 1.82) is 0 Å². The van der Waals surface area contributed by atoms with E-state index in [1.807, 2.05) is 0 Å². The van der Waals surface area contributed by atoms with Gasteiger partial charge in [0.05, 0.1) is 22.0 Å². The Hall–Kier alpha value is -1.59. The highest BCUT2D eigenvalue weighted by atomic mass is 79.9. The molecule has 4 nitrogen and oxygen atoms in total. The number of carbonyl (C=O) groups excluding carboxylic acids is 1. The van der Waals surface area contributed by atoms with E-state index < -0.39 is 0 Å². The number of rotatable bonds is 2. The van der Waals surface area contributed by atoms with E-state index in [4.69, 9.17) is 17.3 Å². The highest BCUT2D eigenvalue weighted by molar-refractivity contribution is 9.10. The first-order valence-corrected chi connectivity index (χ1v) is 6.64. The average molecular weight is 341 g/mol. The van der Waals surface area contributed by atoms with Crippen molar-refractivity contribution in [2.45, 2.75) is 6.92 Å². The van der Waals surface area contributed by atoms with Gasteiger partial charge in [-0.15, -0.1) is 0 Å². The second kappa shape index (κ2) is 5.59. The summed E-state index contributed by atoms with van der Waals surface area (Å²) in [6, 6.07) is 8.46. The van der Waals surface area contributed by atoms with Gasteiger partial charge in [-0.1, -0.05) is 17.7 Å². The first-order chi connectivity index (χ1) is 8.99. The molecule has 0 radical (unpaired) electrons. The second-order valence-corrected chi connectivity index (χ2v) is 5.14. The van der Waals surface area contributed by atoms with E-state index in [1.165, 1.54) is 0 Å². The molecule has 1 aromatic heterocycles. The van der Waals surface area contributed by atoms with Crippen molar-refractivity contribution in [3.05, 3.63) is 51.2 Å². The molecule has 0 fully saturated rings. The first-order valence-electron chi connectivity index (χ1n) is 5.47. The Bertz CT molecular complexity index is 626. The number of nitrogens with two attached hydrogens (primary N) is 1.